The van der Waals surface area contributed by atoms with E-state index in [1.54, 1.807) is 12.1 Å². The summed E-state index contributed by atoms with van der Waals surface area (Å²) in [5.41, 5.74) is 2.69. The standard InChI is InChI=1S/C18H18FN3O/c19-13-5-7-14(8-6-13)20-15-9-11-22(12-10-15)18-21-16-3-1-2-4-17(16)23-18/h1-8,15,20H,9-12H2. The first-order chi connectivity index (χ1) is 11.3. The van der Waals surface area contributed by atoms with E-state index in [1.165, 1.54) is 12.1 Å². The number of aromatic nitrogens is 1. The van der Waals surface area contributed by atoms with E-state index in [9.17, 15) is 4.39 Å². The predicted octanol–water partition coefficient (Wildman–Crippen LogP) is 4.05. The van der Waals surface area contributed by atoms with Gasteiger partial charge >= 0.3 is 0 Å². The van der Waals surface area contributed by atoms with Crippen LogP contribution in [0.3, 0.4) is 0 Å². The van der Waals surface area contributed by atoms with Gasteiger partial charge in [0.1, 0.15) is 11.3 Å². The van der Waals surface area contributed by atoms with Crippen LogP contribution < -0.4 is 10.2 Å². The maximum atomic E-state index is 12.9. The lowest BCUT2D eigenvalue weighted by Gasteiger charge is -2.31. The van der Waals surface area contributed by atoms with Gasteiger partial charge in [-0.3, -0.25) is 0 Å². The average Bonchev–Trinajstić information content (AvgIpc) is 3.02. The van der Waals surface area contributed by atoms with Crippen molar-refractivity contribution >= 4 is 22.8 Å². The lowest BCUT2D eigenvalue weighted by Crippen LogP contribution is -2.39. The number of hydrogen-bond acceptors (Lipinski definition) is 4. The zero-order chi connectivity index (χ0) is 15.6. The second kappa shape index (κ2) is 5.91. The Morgan fingerprint density at radius 1 is 1.04 bits per heavy atom. The largest absolute Gasteiger partial charge is 0.423 e. The lowest BCUT2D eigenvalue weighted by atomic mass is 10.1. The van der Waals surface area contributed by atoms with Crippen LogP contribution in [0.15, 0.2) is 52.9 Å². The molecule has 4 nitrogen and oxygen atoms in total. The fraction of sp³-hybridized carbons (Fsp3) is 0.278. The van der Waals surface area contributed by atoms with Gasteiger partial charge in [-0.15, -0.1) is 0 Å². The van der Waals surface area contributed by atoms with Crippen LogP contribution in [0.2, 0.25) is 0 Å². The number of para-hydroxylation sites is 2. The number of hydrogen-bond donors (Lipinski definition) is 1. The molecule has 3 aromatic rings. The molecule has 1 aromatic heterocycles. The minimum Gasteiger partial charge on any atom is -0.423 e. The van der Waals surface area contributed by atoms with Crippen molar-refractivity contribution in [3.8, 4) is 0 Å². The number of halogens is 1. The van der Waals surface area contributed by atoms with E-state index in [4.69, 9.17) is 4.42 Å². The van der Waals surface area contributed by atoms with Crippen molar-refractivity contribution in [1.29, 1.82) is 0 Å². The summed E-state index contributed by atoms with van der Waals surface area (Å²) in [4.78, 5) is 6.74. The number of benzene rings is 2. The summed E-state index contributed by atoms with van der Waals surface area (Å²) in [6, 6.07) is 15.4. The lowest BCUT2D eigenvalue weighted by molar-refractivity contribution is 0.482. The molecular weight excluding hydrogens is 293 g/mol. The predicted molar refractivity (Wildman–Crippen MR) is 89.3 cm³/mol. The molecule has 1 aliphatic heterocycles. The molecule has 118 valence electrons. The SMILES string of the molecule is Fc1ccc(NC2CCN(c3nc4ccccc4o3)CC2)cc1. The number of rotatable bonds is 3. The van der Waals surface area contributed by atoms with Crippen LogP contribution in [0.4, 0.5) is 16.1 Å². The van der Waals surface area contributed by atoms with Crippen LogP contribution in [0, 0.1) is 5.82 Å². The molecule has 1 fully saturated rings. The highest BCUT2D eigenvalue weighted by molar-refractivity contribution is 5.74. The van der Waals surface area contributed by atoms with Gasteiger partial charge in [0.15, 0.2) is 5.58 Å². The number of piperidine rings is 1. The van der Waals surface area contributed by atoms with Gasteiger partial charge < -0.3 is 14.6 Å². The highest BCUT2D eigenvalue weighted by Gasteiger charge is 2.22. The van der Waals surface area contributed by atoms with Crippen LogP contribution in [-0.2, 0) is 0 Å². The van der Waals surface area contributed by atoms with Gasteiger partial charge in [-0.25, -0.2) is 4.39 Å². The monoisotopic (exact) mass is 311 g/mol. The number of oxazole rings is 1. The summed E-state index contributed by atoms with van der Waals surface area (Å²) in [7, 11) is 0. The molecule has 1 N–H and O–H groups in total. The summed E-state index contributed by atoms with van der Waals surface area (Å²) < 4.78 is 18.8. The van der Waals surface area contributed by atoms with Gasteiger partial charge in [0.05, 0.1) is 0 Å². The molecule has 0 unspecified atom stereocenters. The van der Waals surface area contributed by atoms with Crippen molar-refractivity contribution < 1.29 is 8.81 Å². The van der Waals surface area contributed by atoms with Crippen LogP contribution in [0.5, 0.6) is 0 Å². The Morgan fingerprint density at radius 2 is 1.78 bits per heavy atom. The minimum atomic E-state index is -0.207. The van der Waals surface area contributed by atoms with Gasteiger partial charge in [0, 0.05) is 24.8 Å². The van der Waals surface area contributed by atoms with Crippen molar-refractivity contribution in [2.24, 2.45) is 0 Å². The van der Waals surface area contributed by atoms with Crippen molar-refractivity contribution in [3.05, 3.63) is 54.3 Å². The zero-order valence-electron chi connectivity index (χ0n) is 12.7. The molecule has 2 aromatic carbocycles. The molecule has 0 atom stereocenters. The Kier molecular flexibility index (Phi) is 3.61. The Balaban J connectivity index is 1.39. The highest BCUT2D eigenvalue weighted by Crippen LogP contribution is 2.25. The Hall–Kier alpha value is -2.56. The maximum Gasteiger partial charge on any atom is 0.298 e. The summed E-state index contributed by atoms with van der Waals surface area (Å²) in [5, 5.41) is 3.46. The first kappa shape index (κ1) is 14.1. The molecule has 0 saturated carbocycles. The normalized spacial score (nSPS) is 16.0. The molecule has 0 amide bonds. The molecule has 1 saturated heterocycles. The number of nitrogens with one attached hydrogen (secondary N) is 1. The Morgan fingerprint density at radius 3 is 2.52 bits per heavy atom. The van der Waals surface area contributed by atoms with Crippen LogP contribution >= 0.6 is 0 Å². The van der Waals surface area contributed by atoms with E-state index in [2.05, 4.69) is 15.2 Å². The van der Waals surface area contributed by atoms with E-state index < -0.39 is 0 Å². The number of anilines is 2. The van der Waals surface area contributed by atoms with E-state index >= 15 is 0 Å². The van der Waals surface area contributed by atoms with Crippen molar-refractivity contribution in [1.82, 2.24) is 4.98 Å². The van der Waals surface area contributed by atoms with Crippen LogP contribution in [-0.4, -0.2) is 24.1 Å². The molecule has 0 spiro atoms. The first-order valence-electron chi connectivity index (χ1n) is 7.90. The van der Waals surface area contributed by atoms with Crippen LogP contribution in [0.25, 0.3) is 11.1 Å². The zero-order valence-corrected chi connectivity index (χ0v) is 12.7. The van der Waals surface area contributed by atoms with Gasteiger partial charge in [-0.1, -0.05) is 12.1 Å². The van der Waals surface area contributed by atoms with E-state index in [-0.39, 0.29) is 5.82 Å². The summed E-state index contributed by atoms with van der Waals surface area (Å²) in [5.74, 6) is -0.207. The highest BCUT2D eigenvalue weighted by atomic mass is 19.1. The molecule has 0 bridgehead atoms. The fourth-order valence-corrected chi connectivity index (χ4v) is 2.99. The topological polar surface area (TPSA) is 41.3 Å². The third-order valence-electron chi connectivity index (χ3n) is 4.26. The van der Waals surface area contributed by atoms with Gasteiger partial charge in [0.2, 0.25) is 0 Å². The maximum absolute atomic E-state index is 12.9. The van der Waals surface area contributed by atoms with Gasteiger partial charge in [-0.05, 0) is 49.2 Å². The summed E-state index contributed by atoms with van der Waals surface area (Å²) in [6.07, 6.45) is 1.99. The smallest absolute Gasteiger partial charge is 0.298 e. The quantitative estimate of drug-likeness (QED) is 0.792. The second-order valence-corrected chi connectivity index (χ2v) is 5.88. The summed E-state index contributed by atoms with van der Waals surface area (Å²) >= 11 is 0. The van der Waals surface area contributed by atoms with Crippen LogP contribution in [0.1, 0.15) is 12.8 Å². The molecule has 23 heavy (non-hydrogen) atoms. The molecule has 1 aliphatic rings. The van der Waals surface area contributed by atoms with Crippen molar-refractivity contribution in [2.75, 3.05) is 23.3 Å². The third kappa shape index (κ3) is 2.99. The van der Waals surface area contributed by atoms with E-state index in [1.807, 2.05) is 24.3 Å². The molecule has 5 heteroatoms. The minimum absolute atomic E-state index is 0.207. The third-order valence-corrected chi connectivity index (χ3v) is 4.26. The molecule has 4 rings (SSSR count). The average molecular weight is 311 g/mol. The molecule has 0 aliphatic carbocycles. The van der Waals surface area contributed by atoms with Gasteiger partial charge in [-0.2, -0.15) is 4.98 Å². The Bertz CT molecular complexity index is 758. The Labute approximate surface area is 133 Å². The van der Waals surface area contributed by atoms with E-state index in [0.29, 0.717) is 12.1 Å². The van der Waals surface area contributed by atoms with Crippen molar-refractivity contribution in [2.45, 2.75) is 18.9 Å². The molecule has 0 radical (unpaired) electrons. The molecular formula is C18H18FN3O. The summed E-state index contributed by atoms with van der Waals surface area (Å²) in [6.45, 7) is 1.79. The van der Waals surface area contributed by atoms with Gasteiger partial charge in [0.25, 0.3) is 6.01 Å². The van der Waals surface area contributed by atoms with Crippen molar-refractivity contribution in [3.63, 3.8) is 0 Å². The molecule has 2 heterocycles. The number of nitrogens with zero attached hydrogens (tertiary/aromatic N) is 2. The second-order valence-electron chi connectivity index (χ2n) is 5.88. The van der Waals surface area contributed by atoms with E-state index in [0.717, 1.165) is 42.7 Å². The first-order valence-corrected chi connectivity index (χ1v) is 7.90. The number of fused-ring (bicyclic) bond motifs is 1. The fourth-order valence-electron chi connectivity index (χ4n) is 2.99.